The number of anilines is 1. The van der Waals surface area contributed by atoms with Gasteiger partial charge >= 0.3 is 0 Å². The van der Waals surface area contributed by atoms with Gasteiger partial charge in [0.2, 0.25) is 11.8 Å². The number of hydrogen-bond acceptors (Lipinski definition) is 2. The molecule has 0 unspecified atom stereocenters. The summed E-state index contributed by atoms with van der Waals surface area (Å²) < 4.78 is 0. The van der Waals surface area contributed by atoms with Crippen LogP contribution >= 0.6 is 11.6 Å². The van der Waals surface area contributed by atoms with Crippen molar-refractivity contribution in [1.29, 1.82) is 0 Å². The van der Waals surface area contributed by atoms with E-state index >= 15 is 0 Å². The van der Waals surface area contributed by atoms with Gasteiger partial charge in [-0.2, -0.15) is 0 Å². The maximum absolute atomic E-state index is 11.9. The average molecular weight is 283 g/mol. The van der Waals surface area contributed by atoms with Crippen molar-refractivity contribution in [3.05, 3.63) is 29.8 Å². The molecule has 4 nitrogen and oxygen atoms in total. The second kappa shape index (κ2) is 7.14. The molecule has 0 fully saturated rings. The van der Waals surface area contributed by atoms with E-state index in [0.29, 0.717) is 0 Å². The topological polar surface area (TPSA) is 49.4 Å². The number of carbonyl (C=O) groups excluding carboxylic acids is 2. The first-order valence-corrected chi connectivity index (χ1v) is 6.66. The van der Waals surface area contributed by atoms with Crippen LogP contribution in [0.4, 0.5) is 5.69 Å². The third kappa shape index (κ3) is 4.56. The van der Waals surface area contributed by atoms with Crippen LogP contribution in [0, 0.1) is 0 Å². The van der Waals surface area contributed by atoms with Crippen LogP contribution in [-0.2, 0) is 16.0 Å². The molecule has 0 aliphatic heterocycles. The lowest BCUT2D eigenvalue weighted by molar-refractivity contribution is -0.132. The number of likely N-dealkylation sites (N-methyl/N-ethyl adjacent to an activating group) is 1. The van der Waals surface area contributed by atoms with Gasteiger partial charge in [-0.05, 0) is 25.0 Å². The molecule has 0 heterocycles. The number of hydrogen-bond donors (Lipinski definition) is 1. The number of aryl methyl sites for hydroxylation is 1. The number of nitrogens with zero attached hydrogens (tertiary/aromatic N) is 1. The van der Waals surface area contributed by atoms with Crippen molar-refractivity contribution < 1.29 is 9.59 Å². The van der Waals surface area contributed by atoms with E-state index in [1.54, 1.807) is 14.0 Å². The van der Waals surface area contributed by atoms with Crippen molar-refractivity contribution in [2.45, 2.75) is 25.6 Å². The molecule has 0 aliphatic carbocycles. The molecular formula is C14H19ClN2O2. The van der Waals surface area contributed by atoms with Crippen molar-refractivity contribution in [3.8, 4) is 0 Å². The van der Waals surface area contributed by atoms with Gasteiger partial charge in [-0.1, -0.05) is 25.1 Å². The van der Waals surface area contributed by atoms with Crippen LogP contribution in [0.2, 0.25) is 0 Å². The van der Waals surface area contributed by atoms with Gasteiger partial charge < -0.3 is 10.2 Å². The van der Waals surface area contributed by atoms with E-state index in [1.807, 2.05) is 31.2 Å². The van der Waals surface area contributed by atoms with Gasteiger partial charge in [0.1, 0.15) is 5.38 Å². The minimum Gasteiger partial charge on any atom is -0.335 e. The summed E-state index contributed by atoms with van der Waals surface area (Å²) in [5.74, 6) is -0.491. The number of alkyl halides is 1. The van der Waals surface area contributed by atoms with E-state index in [1.165, 1.54) is 4.90 Å². The quantitative estimate of drug-likeness (QED) is 0.842. The van der Waals surface area contributed by atoms with E-state index in [0.717, 1.165) is 17.7 Å². The second-order valence-corrected chi connectivity index (χ2v) is 5.02. The summed E-state index contributed by atoms with van der Waals surface area (Å²) in [6.45, 7) is 3.61. The van der Waals surface area contributed by atoms with Gasteiger partial charge in [0.05, 0.1) is 6.54 Å². The molecule has 0 bridgehead atoms. The number of rotatable bonds is 5. The molecule has 1 aromatic rings. The van der Waals surface area contributed by atoms with E-state index < -0.39 is 5.38 Å². The van der Waals surface area contributed by atoms with Crippen molar-refractivity contribution in [2.24, 2.45) is 0 Å². The standard InChI is InChI=1S/C14H19ClN2O2/c1-4-11-7-5-6-8-12(11)16-13(18)9-17(3)14(19)10(2)15/h5-8,10H,4,9H2,1-3H3,(H,16,18)/t10-/m1/s1. The molecule has 19 heavy (non-hydrogen) atoms. The lowest BCUT2D eigenvalue weighted by Crippen LogP contribution is -2.38. The first kappa shape index (κ1) is 15.5. The van der Waals surface area contributed by atoms with Gasteiger partial charge in [-0.3, -0.25) is 9.59 Å². The highest BCUT2D eigenvalue weighted by Gasteiger charge is 2.17. The number of carbonyl (C=O) groups is 2. The van der Waals surface area contributed by atoms with Crippen LogP contribution in [0.1, 0.15) is 19.4 Å². The molecule has 5 heteroatoms. The molecule has 0 saturated heterocycles. The first-order valence-electron chi connectivity index (χ1n) is 6.22. The van der Waals surface area contributed by atoms with Gasteiger partial charge in [-0.25, -0.2) is 0 Å². The Morgan fingerprint density at radius 1 is 1.37 bits per heavy atom. The zero-order valence-corrected chi connectivity index (χ0v) is 12.2. The summed E-state index contributed by atoms with van der Waals surface area (Å²) >= 11 is 5.69. The zero-order chi connectivity index (χ0) is 14.4. The number of nitrogens with one attached hydrogen (secondary N) is 1. The van der Waals surface area contributed by atoms with Crippen LogP contribution in [0.25, 0.3) is 0 Å². The molecule has 1 atom stereocenters. The number of para-hydroxylation sites is 1. The predicted octanol–water partition coefficient (Wildman–Crippen LogP) is 2.27. The Labute approximate surface area is 118 Å². The maximum Gasteiger partial charge on any atom is 0.243 e. The van der Waals surface area contributed by atoms with Crippen molar-refractivity contribution in [1.82, 2.24) is 4.90 Å². The molecule has 1 N–H and O–H groups in total. The SMILES string of the molecule is CCc1ccccc1NC(=O)CN(C)C(=O)[C@@H](C)Cl. The van der Waals surface area contributed by atoms with Crippen LogP contribution in [-0.4, -0.2) is 35.7 Å². The lowest BCUT2D eigenvalue weighted by atomic mass is 10.1. The first-order chi connectivity index (χ1) is 8.95. The van der Waals surface area contributed by atoms with Gasteiger partial charge in [0, 0.05) is 12.7 Å². The Kier molecular flexibility index (Phi) is 5.83. The Morgan fingerprint density at radius 2 is 2.00 bits per heavy atom. The number of halogens is 1. The van der Waals surface area contributed by atoms with E-state index in [-0.39, 0.29) is 18.4 Å². The van der Waals surface area contributed by atoms with Crippen LogP contribution in [0.5, 0.6) is 0 Å². The molecular weight excluding hydrogens is 264 g/mol. The monoisotopic (exact) mass is 282 g/mol. The number of amides is 2. The summed E-state index contributed by atoms with van der Waals surface area (Å²) in [5.41, 5.74) is 1.85. The minimum atomic E-state index is -0.624. The molecule has 1 rings (SSSR count). The highest BCUT2D eigenvalue weighted by atomic mass is 35.5. The summed E-state index contributed by atoms with van der Waals surface area (Å²) in [4.78, 5) is 24.8. The third-order valence-electron chi connectivity index (χ3n) is 2.77. The van der Waals surface area contributed by atoms with Gasteiger partial charge in [0.15, 0.2) is 0 Å². The summed E-state index contributed by atoms with van der Waals surface area (Å²) in [6, 6.07) is 7.61. The molecule has 0 aliphatic rings. The smallest absolute Gasteiger partial charge is 0.243 e. The Bertz CT molecular complexity index is 461. The highest BCUT2D eigenvalue weighted by molar-refractivity contribution is 6.30. The predicted molar refractivity (Wildman–Crippen MR) is 77.4 cm³/mol. The largest absolute Gasteiger partial charge is 0.335 e. The Morgan fingerprint density at radius 3 is 2.58 bits per heavy atom. The molecule has 104 valence electrons. The molecule has 1 aromatic carbocycles. The fraction of sp³-hybridized carbons (Fsp3) is 0.429. The normalized spacial score (nSPS) is 11.8. The maximum atomic E-state index is 11.9. The number of benzene rings is 1. The van der Waals surface area contributed by atoms with Crippen molar-refractivity contribution >= 4 is 29.1 Å². The van der Waals surface area contributed by atoms with Gasteiger partial charge in [-0.15, -0.1) is 11.6 Å². The minimum absolute atomic E-state index is 0.00601. The zero-order valence-electron chi connectivity index (χ0n) is 11.4. The second-order valence-electron chi connectivity index (χ2n) is 4.37. The fourth-order valence-corrected chi connectivity index (χ4v) is 1.90. The van der Waals surface area contributed by atoms with Gasteiger partial charge in [0.25, 0.3) is 0 Å². The molecule has 2 amide bonds. The molecule has 0 saturated carbocycles. The van der Waals surface area contributed by atoms with Crippen LogP contribution < -0.4 is 5.32 Å². The third-order valence-corrected chi connectivity index (χ3v) is 2.96. The fourth-order valence-electron chi connectivity index (χ4n) is 1.74. The molecule has 0 aromatic heterocycles. The van der Waals surface area contributed by atoms with E-state index in [4.69, 9.17) is 11.6 Å². The Hall–Kier alpha value is -1.55. The summed E-state index contributed by atoms with van der Waals surface area (Å²) in [6.07, 6.45) is 0.837. The summed E-state index contributed by atoms with van der Waals surface area (Å²) in [7, 11) is 1.56. The van der Waals surface area contributed by atoms with E-state index in [2.05, 4.69) is 5.32 Å². The summed E-state index contributed by atoms with van der Waals surface area (Å²) in [5, 5.41) is 2.19. The van der Waals surface area contributed by atoms with Crippen LogP contribution in [0.3, 0.4) is 0 Å². The van der Waals surface area contributed by atoms with E-state index in [9.17, 15) is 9.59 Å². The lowest BCUT2D eigenvalue weighted by Gasteiger charge is -2.18. The highest BCUT2D eigenvalue weighted by Crippen LogP contribution is 2.15. The average Bonchev–Trinajstić information content (AvgIpc) is 2.38. The van der Waals surface area contributed by atoms with Crippen molar-refractivity contribution in [3.63, 3.8) is 0 Å². The van der Waals surface area contributed by atoms with Crippen LogP contribution in [0.15, 0.2) is 24.3 Å². The molecule has 0 radical (unpaired) electrons. The van der Waals surface area contributed by atoms with Crippen molar-refractivity contribution in [2.75, 3.05) is 18.9 Å². The Balaban J connectivity index is 2.63. The molecule has 0 spiro atoms.